The van der Waals surface area contributed by atoms with Gasteiger partial charge in [0.2, 0.25) is 5.24 Å². The van der Waals surface area contributed by atoms with Crippen molar-refractivity contribution in [3.05, 3.63) is 0 Å². The van der Waals surface area contributed by atoms with E-state index in [1.165, 1.54) is 0 Å². The van der Waals surface area contributed by atoms with Crippen LogP contribution in [0.4, 0.5) is 0 Å². The van der Waals surface area contributed by atoms with Crippen LogP contribution in [-0.4, -0.2) is 16.8 Å². The topological polar surface area (TPSA) is 43.4 Å². The number of rotatable bonds is 3. The van der Waals surface area contributed by atoms with E-state index in [4.69, 9.17) is 16.3 Å². The van der Waals surface area contributed by atoms with Gasteiger partial charge in [-0.3, -0.25) is 9.59 Å². The van der Waals surface area contributed by atoms with Gasteiger partial charge in [-0.1, -0.05) is 0 Å². The fourth-order valence-electron chi connectivity index (χ4n) is 0.593. The number of carbonyl (C=O) groups is 2. The number of carbonyl (C=O) groups excluding carboxylic acids is 2. The molecule has 0 aromatic heterocycles. The van der Waals surface area contributed by atoms with Gasteiger partial charge in [0.25, 0.3) is 0 Å². The largest absolute Gasteiger partial charge is 0.460 e. The lowest BCUT2D eigenvalue weighted by atomic mass is 10.2. The van der Waals surface area contributed by atoms with Crippen LogP contribution in [0, 0.1) is 0 Å². The highest BCUT2D eigenvalue weighted by Gasteiger charge is 2.16. The maximum Gasteiger partial charge on any atom is 0.306 e. The normalized spacial score (nSPS) is 11.0. The van der Waals surface area contributed by atoms with E-state index in [-0.39, 0.29) is 12.8 Å². The highest BCUT2D eigenvalue weighted by molar-refractivity contribution is 6.63. The molecule has 0 radical (unpaired) electrons. The van der Waals surface area contributed by atoms with Crippen molar-refractivity contribution in [2.45, 2.75) is 39.2 Å². The van der Waals surface area contributed by atoms with Crippen molar-refractivity contribution in [3.8, 4) is 0 Å². The zero-order valence-electron chi connectivity index (χ0n) is 7.52. The molecule has 0 aliphatic heterocycles. The van der Waals surface area contributed by atoms with Gasteiger partial charge >= 0.3 is 5.97 Å². The second-order valence-corrected chi connectivity index (χ2v) is 3.86. The second kappa shape index (κ2) is 4.45. The van der Waals surface area contributed by atoms with Crippen molar-refractivity contribution in [2.75, 3.05) is 0 Å². The first-order chi connectivity index (χ1) is 5.31. The summed E-state index contributed by atoms with van der Waals surface area (Å²) in [7, 11) is 0. The molecular weight excluding hydrogens is 180 g/mol. The SMILES string of the molecule is CC(C)(C)OC(=O)CCC(=O)Cl. The predicted molar refractivity (Wildman–Crippen MR) is 45.9 cm³/mol. The summed E-state index contributed by atoms with van der Waals surface area (Å²) in [5, 5.41) is -0.513. The van der Waals surface area contributed by atoms with E-state index in [0.29, 0.717) is 0 Å². The minimum absolute atomic E-state index is 0.0382. The zero-order valence-corrected chi connectivity index (χ0v) is 8.27. The second-order valence-electron chi connectivity index (χ2n) is 3.44. The standard InChI is InChI=1S/C8H13ClO3/c1-8(2,3)12-7(11)5-4-6(9)10/h4-5H2,1-3H3. The Morgan fingerprint density at radius 1 is 1.25 bits per heavy atom. The molecule has 0 N–H and O–H groups in total. The van der Waals surface area contributed by atoms with Gasteiger partial charge in [0.05, 0.1) is 6.42 Å². The van der Waals surface area contributed by atoms with E-state index in [1.807, 2.05) is 0 Å². The fourth-order valence-corrected chi connectivity index (χ4v) is 0.687. The number of halogens is 1. The molecule has 4 heteroatoms. The lowest BCUT2D eigenvalue weighted by Crippen LogP contribution is -2.23. The molecule has 0 aromatic rings. The Hall–Kier alpha value is -0.570. The van der Waals surface area contributed by atoms with Crippen LogP contribution in [0.3, 0.4) is 0 Å². The molecule has 0 unspecified atom stereocenters. The van der Waals surface area contributed by atoms with E-state index in [0.717, 1.165) is 0 Å². The van der Waals surface area contributed by atoms with Crippen LogP contribution >= 0.6 is 11.6 Å². The van der Waals surface area contributed by atoms with Gasteiger partial charge in [-0.05, 0) is 32.4 Å². The first-order valence-corrected chi connectivity index (χ1v) is 4.09. The zero-order chi connectivity index (χ0) is 9.78. The summed E-state index contributed by atoms with van der Waals surface area (Å²) in [6.07, 6.45) is 0.0933. The highest BCUT2D eigenvalue weighted by atomic mass is 35.5. The molecule has 0 fully saturated rings. The summed E-state index contributed by atoms with van der Waals surface area (Å²) >= 11 is 5.05. The molecule has 70 valence electrons. The van der Waals surface area contributed by atoms with Crippen molar-refractivity contribution in [3.63, 3.8) is 0 Å². The number of hydrogen-bond donors (Lipinski definition) is 0. The van der Waals surface area contributed by atoms with Crippen molar-refractivity contribution >= 4 is 22.8 Å². The summed E-state index contributed by atoms with van der Waals surface area (Å²) < 4.78 is 4.94. The summed E-state index contributed by atoms with van der Waals surface area (Å²) in [6.45, 7) is 5.31. The van der Waals surface area contributed by atoms with E-state index >= 15 is 0 Å². The molecule has 12 heavy (non-hydrogen) atoms. The molecule has 0 bridgehead atoms. The van der Waals surface area contributed by atoms with E-state index in [9.17, 15) is 9.59 Å². The summed E-state index contributed by atoms with van der Waals surface area (Å²) in [5.41, 5.74) is -0.494. The van der Waals surface area contributed by atoms with E-state index in [1.54, 1.807) is 20.8 Å². The smallest absolute Gasteiger partial charge is 0.306 e. The quantitative estimate of drug-likeness (QED) is 0.507. The minimum Gasteiger partial charge on any atom is -0.460 e. The van der Waals surface area contributed by atoms with Gasteiger partial charge in [0, 0.05) is 6.42 Å². The van der Waals surface area contributed by atoms with E-state index < -0.39 is 16.8 Å². The Labute approximate surface area is 77.0 Å². The number of esters is 1. The maximum absolute atomic E-state index is 10.9. The van der Waals surface area contributed by atoms with Crippen LogP contribution in [0.25, 0.3) is 0 Å². The maximum atomic E-state index is 10.9. The fraction of sp³-hybridized carbons (Fsp3) is 0.750. The molecule has 0 rings (SSSR count). The minimum atomic E-state index is -0.513. The highest BCUT2D eigenvalue weighted by Crippen LogP contribution is 2.09. The molecule has 0 saturated carbocycles. The van der Waals surface area contributed by atoms with Crippen molar-refractivity contribution in [1.29, 1.82) is 0 Å². The molecule has 0 aromatic carbocycles. The third-order valence-electron chi connectivity index (χ3n) is 0.946. The van der Waals surface area contributed by atoms with Crippen LogP contribution in [0.1, 0.15) is 33.6 Å². The van der Waals surface area contributed by atoms with Gasteiger partial charge in [-0.25, -0.2) is 0 Å². The number of ether oxygens (including phenoxy) is 1. The Kier molecular flexibility index (Phi) is 4.24. The Morgan fingerprint density at radius 2 is 1.75 bits per heavy atom. The average Bonchev–Trinajstić information content (AvgIpc) is 1.79. The third kappa shape index (κ3) is 7.54. The first kappa shape index (κ1) is 11.4. The van der Waals surface area contributed by atoms with Crippen LogP contribution < -0.4 is 0 Å². The lowest BCUT2D eigenvalue weighted by Gasteiger charge is -2.18. The summed E-state index contributed by atoms with van der Waals surface area (Å²) in [4.78, 5) is 21.2. The van der Waals surface area contributed by atoms with E-state index in [2.05, 4.69) is 0 Å². The molecule has 3 nitrogen and oxygen atoms in total. The third-order valence-corrected chi connectivity index (χ3v) is 1.13. The molecule has 0 amide bonds. The molecule has 0 atom stereocenters. The number of hydrogen-bond acceptors (Lipinski definition) is 3. The molecule has 0 spiro atoms. The molecular formula is C8H13ClO3. The first-order valence-electron chi connectivity index (χ1n) is 3.71. The van der Waals surface area contributed by atoms with Crippen LogP contribution in [-0.2, 0) is 14.3 Å². The lowest BCUT2D eigenvalue weighted by molar-refractivity contribution is -0.155. The van der Waals surface area contributed by atoms with Gasteiger partial charge < -0.3 is 4.74 Å². The van der Waals surface area contributed by atoms with Crippen molar-refractivity contribution in [2.24, 2.45) is 0 Å². The van der Waals surface area contributed by atoms with Gasteiger partial charge in [0.15, 0.2) is 0 Å². The van der Waals surface area contributed by atoms with Crippen LogP contribution in [0.2, 0.25) is 0 Å². The molecule has 0 heterocycles. The van der Waals surface area contributed by atoms with Gasteiger partial charge in [0.1, 0.15) is 5.60 Å². The summed E-state index contributed by atoms with van der Waals surface area (Å²) in [6, 6.07) is 0. The Bertz CT molecular complexity index is 181. The molecule has 0 aliphatic rings. The van der Waals surface area contributed by atoms with Crippen molar-refractivity contribution < 1.29 is 14.3 Å². The average molecular weight is 193 g/mol. The summed E-state index contributed by atoms with van der Waals surface area (Å²) in [5.74, 6) is -0.392. The van der Waals surface area contributed by atoms with Gasteiger partial charge in [-0.2, -0.15) is 0 Å². The molecule has 0 aliphatic carbocycles. The van der Waals surface area contributed by atoms with Gasteiger partial charge in [-0.15, -0.1) is 0 Å². The predicted octanol–water partition coefficient (Wildman–Crippen LogP) is 1.87. The van der Waals surface area contributed by atoms with Crippen LogP contribution in [0.5, 0.6) is 0 Å². The Balaban J connectivity index is 3.68. The van der Waals surface area contributed by atoms with Crippen LogP contribution in [0.15, 0.2) is 0 Å². The van der Waals surface area contributed by atoms with Crippen molar-refractivity contribution in [1.82, 2.24) is 0 Å². The molecule has 0 saturated heterocycles. The monoisotopic (exact) mass is 192 g/mol. The Morgan fingerprint density at radius 3 is 2.08 bits per heavy atom.